The van der Waals surface area contributed by atoms with Gasteiger partial charge in [0.15, 0.2) is 5.82 Å². The molecule has 4 rings (SSSR count). The molecule has 2 aliphatic carbocycles. The first-order valence-electron chi connectivity index (χ1n) is 10.1. The molecule has 0 aliphatic heterocycles. The van der Waals surface area contributed by atoms with E-state index in [2.05, 4.69) is 20.8 Å². The molecule has 1 aromatic carbocycles. The van der Waals surface area contributed by atoms with Crippen LogP contribution in [0.15, 0.2) is 24.3 Å². The third-order valence-corrected chi connectivity index (χ3v) is 5.58. The predicted octanol–water partition coefficient (Wildman–Crippen LogP) is 4.96. The van der Waals surface area contributed by atoms with Gasteiger partial charge in [-0.15, -0.1) is 0 Å². The standard InChI is InChI=1S/C21H26F2N4O2/c1-12(2)24-20(28)29-16-5-3-14(10-16)18-11-19(27-26-18)25-15-4-6-17-13(9-15)7-8-21(17,22)23/h4,6,9,11-12,14,16H,3,5,7-8,10H2,1-2H3,(H,24,28)(H2,25,26,27)/t14-,16+/m0/s1. The van der Waals surface area contributed by atoms with Gasteiger partial charge in [-0.3, -0.25) is 5.10 Å². The number of halogens is 2. The quantitative estimate of drug-likeness (QED) is 0.658. The van der Waals surface area contributed by atoms with Crippen molar-refractivity contribution in [3.8, 4) is 0 Å². The number of aryl methyl sites for hydroxylation is 1. The Morgan fingerprint density at radius 1 is 1.31 bits per heavy atom. The summed E-state index contributed by atoms with van der Waals surface area (Å²) in [5, 5.41) is 13.3. The van der Waals surface area contributed by atoms with E-state index in [1.54, 1.807) is 12.1 Å². The number of aromatic amines is 1. The van der Waals surface area contributed by atoms with Crippen LogP contribution in [0.2, 0.25) is 0 Å². The number of amides is 1. The van der Waals surface area contributed by atoms with Crippen molar-refractivity contribution in [2.45, 2.75) is 69.9 Å². The highest BCUT2D eigenvalue weighted by Gasteiger charge is 2.39. The number of nitrogens with zero attached hydrogens (tertiary/aromatic N) is 1. The highest BCUT2D eigenvalue weighted by molar-refractivity contribution is 5.67. The van der Waals surface area contributed by atoms with E-state index in [9.17, 15) is 13.6 Å². The molecule has 1 fully saturated rings. The molecule has 3 N–H and O–H groups in total. The van der Waals surface area contributed by atoms with Crippen molar-refractivity contribution in [2.24, 2.45) is 0 Å². The van der Waals surface area contributed by atoms with Gasteiger partial charge in [0.2, 0.25) is 0 Å². The van der Waals surface area contributed by atoms with Crippen molar-refractivity contribution in [3.05, 3.63) is 41.1 Å². The molecule has 0 spiro atoms. The summed E-state index contributed by atoms with van der Waals surface area (Å²) < 4.78 is 33.0. The number of nitrogens with one attached hydrogen (secondary N) is 3. The Balaban J connectivity index is 1.35. The van der Waals surface area contributed by atoms with Gasteiger partial charge in [0, 0.05) is 41.4 Å². The second kappa shape index (κ2) is 7.65. The Kier molecular flexibility index (Phi) is 5.19. The van der Waals surface area contributed by atoms with E-state index in [4.69, 9.17) is 4.74 Å². The summed E-state index contributed by atoms with van der Waals surface area (Å²) in [6.45, 7) is 3.79. The Labute approximate surface area is 168 Å². The first-order valence-corrected chi connectivity index (χ1v) is 10.1. The van der Waals surface area contributed by atoms with E-state index < -0.39 is 5.92 Å². The van der Waals surface area contributed by atoms with Crippen molar-refractivity contribution < 1.29 is 18.3 Å². The summed E-state index contributed by atoms with van der Waals surface area (Å²) in [6.07, 6.45) is 2.26. The van der Waals surface area contributed by atoms with E-state index in [-0.39, 0.29) is 36.1 Å². The number of fused-ring (bicyclic) bond motifs is 1. The number of alkyl halides is 2. The Hall–Kier alpha value is -2.64. The Bertz CT molecular complexity index is 897. The van der Waals surface area contributed by atoms with Crippen LogP contribution in [0.3, 0.4) is 0 Å². The van der Waals surface area contributed by atoms with Gasteiger partial charge in [0.25, 0.3) is 5.92 Å². The molecule has 2 aliphatic rings. The molecule has 29 heavy (non-hydrogen) atoms. The van der Waals surface area contributed by atoms with Gasteiger partial charge in [-0.25, -0.2) is 13.6 Å². The summed E-state index contributed by atoms with van der Waals surface area (Å²) in [6, 6.07) is 6.92. The average molecular weight is 404 g/mol. The molecule has 8 heteroatoms. The fraction of sp³-hybridized carbons (Fsp3) is 0.524. The Morgan fingerprint density at radius 3 is 2.93 bits per heavy atom. The molecular formula is C21H26F2N4O2. The number of H-pyrrole nitrogens is 1. The summed E-state index contributed by atoms with van der Waals surface area (Å²) in [5.74, 6) is -1.83. The van der Waals surface area contributed by atoms with Gasteiger partial charge in [-0.05, 0) is 57.2 Å². The number of ether oxygens (including phenoxy) is 1. The third-order valence-electron chi connectivity index (χ3n) is 5.58. The molecule has 156 valence electrons. The Morgan fingerprint density at radius 2 is 2.14 bits per heavy atom. The second-order valence-electron chi connectivity index (χ2n) is 8.25. The fourth-order valence-corrected chi connectivity index (χ4v) is 4.17. The molecule has 0 unspecified atom stereocenters. The molecule has 1 saturated carbocycles. The first-order chi connectivity index (χ1) is 13.8. The molecule has 0 saturated heterocycles. The second-order valence-corrected chi connectivity index (χ2v) is 8.25. The van der Waals surface area contributed by atoms with Gasteiger partial charge in [-0.1, -0.05) is 6.07 Å². The van der Waals surface area contributed by atoms with Crippen molar-refractivity contribution in [2.75, 3.05) is 5.32 Å². The number of aromatic nitrogens is 2. The molecule has 2 atom stereocenters. The zero-order valence-electron chi connectivity index (χ0n) is 16.6. The van der Waals surface area contributed by atoms with Crippen molar-refractivity contribution in [3.63, 3.8) is 0 Å². The van der Waals surface area contributed by atoms with Crippen LogP contribution in [-0.2, 0) is 17.1 Å². The van der Waals surface area contributed by atoms with Gasteiger partial charge < -0.3 is 15.4 Å². The van der Waals surface area contributed by atoms with Crippen LogP contribution in [0.5, 0.6) is 0 Å². The van der Waals surface area contributed by atoms with E-state index in [1.807, 2.05) is 19.9 Å². The first kappa shape index (κ1) is 19.7. The van der Waals surface area contributed by atoms with Crippen LogP contribution >= 0.6 is 0 Å². The lowest BCUT2D eigenvalue weighted by atomic mass is 10.0. The van der Waals surface area contributed by atoms with E-state index in [0.29, 0.717) is 17.8 Å². The van der Waals surface area contributed by atoms with Gasteiger partial charge >= 0.3 is 6.09 Å². The minimum absolute atomic E-state index is 0.0476. The lowest BCUT2D eigenvalue weighted by molar-refractivity contribution is -0.00183. The van der Waals surface area contributed by atoms with Crippen molar-refractivity contribution in [1.82, 2.24) is 15.5 Å². The fourth-order valence-electron chi connectivity index (χ4n) is 4.17. The molecule has 1 amide bonds. The molecule has 1 aromatic heterocycles. The molecule has 0 bridgehead atoms. The lowest BCUT2D eigenvalue weighted by Crippen LogP contribution is -2.33. The lowest BCUT2D eigenvalue weighted by Gasteiger charge is -2.14. The SMILES string of the molecule is CC(C)NC(=O)O[C@@H]1CC[C@H](c2cc(Nc3ccc4c(c3)CCC4(F)F)n[nH]2)C1. The molecule has 6 nitrogen and oxygen atoms in total. The van der Waals surface area contributed by atoms with Gasteiger partial charge in [0.1, 0.15) is 6.10 Å². The van der Waals surface area contributed by atoms with E-state index >= 15 is 0 Å². The number of benzene rings is 1. The third kappa shape index (κ3) is 4.36. The number of hydrogen-bond acceptors (Lipinski definition) is 4. The minimum Gasteiger partial charge on any atom is -0.446 e. The zero-order chi connectivity index (χ0) is 20.6. The summed E-state index contributed by atoms with van der Waals surface area (Å²) in [7, 11) is 0. The highest BCUT2D eigenvalue weighted by Crippen LogP contribution is 2.42. The maximum absolute atomic E-state index is 13.8. The smallest absolute Gasteiger partial charge is 0.407 e. The van der Waals surface area contributed by atoms with Crippen LogP contribution in [0, 0.1) is 0 Å². The summed E-state index contributed by atoms with van der Waals surface area (Å²) in [4.78, 5) is 11.8. The van der Waals surface area contributed by atoms with Crippen LogP contribution < -0.4 is 10.6 Å². The largest absolute Gasteiger partial charge is 0.446 e. The summed E-state index contributed by atoms with van der Waals surface area (Å²) in [5.41, 5.74) is 2.54. The van der Waals surface area contributed by atoms with Gasteiger partial charge in [0.05, 0.1) is 0 Å². The number of anilines is 2. The molecular weight excluding hydrogens is 378 g/mol. The highest BCUT2D eigenvalue weighted by atomic mass is 19.3. The van der Waals surface area contributed by atoms with Crippen LogP contribution in [-0.4, -0.2) is 28.4 Å². The van der Waals surface area contributed by atoms with Crippen LogP contribution in [0.1, 0.15) is 62.3 Å². The maximum atomic E-state index is 13.8. The van der Waals surface area contributed by atoms with Crippen LogP contribution in [0.4, 0.5) is 25.1 Å². The van der Waals surface area contributed by atoms with Crippen molar-refractivity contribution >= 4 is 17.6 Å². The molecule has 1 heterocycles. The minimum atomic E-state index is -2.72. The monoisotopic (exact) mass is 404 g/mol. The average Bonchev–Trinajstić information content (AvgIpc) is 3.34. The topological polar surface area (TPSA) is 79.0 Å². The zero-order valence-corrected chi connectivity index (χ0v) is 16.6. The number of carbonyl (C=O) groups is 1. The number of carbonyl (C=O) groups excluding carboxylic acids is 1. The number of alkyl carbamates (subject to hydrolysis) is 1. The molecule has 0 radical (unpaired) electrons. The van der Waals surface area contributed by atoms with E-state index in [1.165, 1.54) is 6.07 Å². The number of hydrogen-bond donors (Lipinski definition) is 3. The van der Waals surface area contributed by atoms with E-state index in [0.717, 1.165) is 30.6 Å². The normalized spacial score (nSPS) is 22.5. The van der Waals surface area contributed by atoms with Crippen LogP contribution in [0.25, 0.3) is 0 Å². The summed E-state index contributed by atoms with van der Waals surface area (Å²) >= 11 is 0. The number of rotatable bonds is 5. The maximum Gasteiger partial charge on any atom is 0.407 e. The predicted molar refractivity (Wildman–Crippen MR) is 106 cm³/mol. The molecule has 2 aromatic rings. The van der Waals surface area contributed by atoms with Gasteiger partial charge in [-0.2, -0.15) is 5.10 Å². The van der Waals surface area contributed by atoms with Crippen molar-refractivity contribution in [1.29, 1.82) is 0 Å².